The minimum Gasteiger partial charge on any atom is -0.508 e. The summed E-state index contributed by atoms with van der Waals surface area (Å²) >= 11 is 5.74. The van der Waals surface area contributed by atoms with Crippen LogP contribution < -0.4 is 0 Å². The van der Waals surface area contributed by atoms with Crippen molar-refractivity contribution < 1.29 is 5.11 Å². The number of rotatable bonds is 6. The predicted molar refractivity (Wildman–Crippen MR) is 147 cm³/mol. The minimum atomic E-state index is 0.358. The minimum absolute atomic E-state index is 0.358. The maximum atomic E-state index is 10.6. The first-order valence-corrected chi connectivity index (χ1v) is 14.1. The standard InChI is InChI=1S/C28H28N2OS3/c1-20-7-9-22(10-8-20)27-26(28(32)34-33-27)23-11-12-25(31)24(17-23)19-30-15-13-29(14-16-30)18-21-5-3-2-4-6-21/h2-12,17,31H,13-16,18-19H2,1H3. The van der Waals surface area contributed by atoms with Gasteiger partial charge in [0, 0.05) is 50.4 Å². The van der Waals surface area contributed by atoms with E-state index in [2.05, 4.69) is 77.4 Å². The topological polar surface area (TPSA) is 26.7 Å². The molecule has 3 aromatic carbocycles. The predicted octanol–water partition coefficient (Wildman–Crippen LogP) is 7.20. The molecule has 1 N–H and O–H groups in total. The third kappa shape index (κ3) is 5.32. The Hall–Kier alpha value is -2.35. The highest BCUT2D eigenvalue weighted by molar-refractivity contribution is 7.80. The van der Waals surface area contributed by atoms with E-state index in [0.717, 1.165) is 59.8 Å². The van der Waals surface area contributed by atoms with Gasteiger partial charge in [0.1, 0.15) is 9.57 Å². The molecule has 0 radical (unpaired) electrons. The van der Waals surface area contributed by atoms with E-state index in [-0.39, 0.29) is 0 Å². The molecule has 0 unspecified atom stereocenters. The molecule has 2 heterocycles. The van der Waals surface area contributed by atoms with Crippen LogP contribution in [-0.4, -0.2) is 41.1 Å². The summed E-state index contributed by atoms with van der Waals surface area (Å²) in [5.74, 6) is 0.358. The fraction of sp³-hybridized carbons (Fsp3) is 0.250. The third-order valence-electron chi connectivity index (χ3n) is 6.42. The summed E-state index contributed by atoms with van der Waals surface area (Å²) in [6, 6.07) is 25.3. The SMILES string of the molecule is Cc1ccc(-c2ssc(=S)c2-c2ccc(O)c(CN3CCN(Cc4ccccc4)CC3)c2)cc1. The molecule has 0 amide bonds. The molecule has 0 saturated carbocycles. The van der Waals surface area contributed by atoms with Crippen molar-refractivity contribution in [2.24, 2.45) is 0 Å². The third-order valence-corrected chi connectivity index (χ3v) is 9.49. The van der Waals surface area contributed by atoms with E-state index in [4.69, 9.17) is 12.2 Å². The van der Waals surface area contributed by atoms with E-state index >= 15 is 0 Å². The number of phenolic OH excluding ortho intramolecular Hbond substituents is 1. The summed E-state index contributed by atoms with van der Waals surface area (Å²) < 4.78 is 0.909. The summed E-state index contributed by atoms with van der Waals surface area (Å²) in [6.07, 6.45) is 0. The second-order valence-electron chi connectivity index (χ2n) is 8.91. The number of aromatic hydroxyl groups is 1. The highest BCUT2D eigenvalue weighted by Crippen LogP contribution is 2.42. The van der Waals surface area contributed by atoms with Crippen molar-refractivity contribution >= 4 is 32.9 Å². The Kier molecular flexibility index (Phi) is 7.23. The van der Waals surface area contributed by atoms with Crippen LogP contribution in [0, 0.1) is 10.7 Å². The Balaban J connectivity index is 1.31. The van der Waals surface area contributed by atoms with Gasteiger partial charge in [0.15, 0.2) is 0 Å². The lowest BCUT2D eigenvalue weighted by atomic mass is 10.0. The number of benzene rings is 3. The van der Waals surface area contributed by atoms with Gasteiger partial charge in [-0.2, -0.15) is 0 Å². The lowest BCUT2D eigenvalue weighted by molar-refractivity contribution is 0.121. The first kappa shape index (κ1) is 23.4. The zero-order chi connectivity index (χ0) is 23.5. The molecule has 1 aliphatic rings. The van der Waals surface area contributed by atoms with Gasteiger partial charge in [-0.05, 0) is 35.7 Å². The molecule has 0 bridgehead atoms. The van der Waals surface area contributed by atoms with Crippen LogP contribution in [0.5, 0.6) is 5.75 Å². The van der Waals surface area contributed by atoms with Crippen LogP contribution in [0.15, 0.2) is 72.8 Å². The average molecular weight is 505 g/mol. The Bertz CT molecular complexity index is 1300. The first-order valence-electron chi connectivity index (χ1n) is 11.6. The van der Waals surface area contributed by atoms with Crippen molar-refractivity contribution in [1.29, 1.82) is 0 Å². The Morgan fingerprint density at radius 1 is 0.794 bits per heavy atom. The van der Waals surface area contributed by atoms with Crippen LogP contribution in [0.1, 0.15) is 16.7 Å². The van der Waals surface area contributed by atoms with E-state index in [1.54, 1.807) is 20.7 Å². The van der Waals surface area contributed by atoms with Crippen molar-refractivity contribution in [3.8, 4) is 27.3 Å². The number of piperazine rings is 1. The maximum absolute atomic E-state index is 10.6. The van der Waals surface area contributed by atoms with Crippen LogP contribution >= 0.6 is 32.9 Å². The van der Waals surface area contributed by atoms with E-state index in [0.29, 0.717) is 5.75 Å². The number of phenols is 1. The lowest BCUT2D eigenvalue weighted by Crippen LogP contribution is -2.45. The van der Waals surface area contributed by atoms with E-state index in [9.17, 15) is 5.11 Å². The summed E-state index contributed by atoms with van der Waals surface area (Å²) in [6.45, 7) is 7.92. The van der Waals surface area contributed by atoms with Gasteiger partial charge < -0.3 is 5.11 Å². The Morgan fingerprint density at radius 3 is 2.15 bits per heavy atom. The monoisotopic (exact) mass is 504 g/mol. The van der Waals surface area contributed by atoms with Gasteiger partial charge in [0.05, 0.1) is 4.88 Å². The van der Waals surface area contributed by atoms with Crippen molar-refractivity contribution in [1.82, 2.24) is 9.80 Å². The fourth-order valence-electron chi connectivity index (χ4n) is 4.46. The smallest absolute Gasteiger partial charge is 0.120 e. The van der Waals surface area contributed by atoms with Gasteiger partial charge in [0.2, 0.25) is 0 Å². The summed E-state index contributed by atoms with van der Waals surface area (Å²) in [7, 11) is 3.39. The molecule has 1 saturated heterocycles. The van der Waals surface area contributed by atoms with E-state index in [1.807, 2.05) is 12.1 Å². The molecule has 1 aliphatic heterocycles. The molecular formula is C28H28N2OS3. The van der Waals surface area contributed by atoms with Crippen LogP contribution in [-0.2, 0) is 13.1 Å². The normalized spacial score (nSPS) is 15.0. The Labute approximate surface area is 213 Å². The van der Waals surface area contributed by atoms with Gasteiger partial charge in [-0.1, -0.05) is 99.1 Å². The van der Waals surface area contributed by atoms with Crippen molar-refractivity contribution in [2.45, 2.75) is 20.0 Å². The van der Waals surface area contributed by atoms with Crippen LogP contribution in [0.2, 0.25) is 0 Å². The largest absolute Gasteiger partial charge is 0.508 e. The van der Waals surface area contributed by atoms with Gasteiger partial charge in [-0.15, -0.1) is 0 Å². The lowest BCUT2D eigenvalue weighted by Gasteiger charge is -2.34. The van der Waals surface area contributed by atoms with Crippen LogP contribution in [0.4, 0.5) is 0 Å². The molecule has 0 atom stereocenters. The molecule has 4 aromatic rings. The number of hydrogen-bond donors (Lipinski definition) is 1. The van der Waals surface area contributed by atoms with Gasteiger partial charge in [-0.25, -0.2) is 0 Å². The second-order valence-corrected chi connectivity index (χ2v) is 11.7. The molecular weight excluding hydrogens is 477 g/mol. The van der Waals surface area contributed by atoms with Gasteiger partial charge in [-0.3, -0.25) is 9.80 Å². The van der Waals surface area contributed by atoms with Crippen molar-refractivity contribution in [3.05, 3.63) is 93.3 Å². The van der Waals surface area contributed by atoms with Gasteiger partial charge >= 0.3 is 0 Å². The fourth-order valence-corrected chi connectivity index (χ4v) is 7.38. The quantitative estimate of drug-likeness (QED) is 0.222. The van der Waals surface area contributed by atoms with Crippen LogP contribution in [0.25, 0.3) is 21.6 Å². The Morgan fingerprint density at radius 2 is 1.44 bits per heavy atom. The van der Waals surface area contributed by atoms with Crippen molar-refractivity contribution in [2.75, 3.05) is 26.2 Å². The number of hydrogen-bond acceptors (Lipinski definition) is 6. The summed E-state index contributed by atoms with van der Waals surface area (Å²) in [4.78, 5) is 6.15. The average Bonchev–Trinajstić information content (AvgIpc) is 3.24. The second kappa shape index (κ2) is 10.5. The molecule has 34 heavy (non-hydrogen) atoms. The molecule has 0 spiro atoms. The molecule has 174 valence electrons. The molecule has 5 rings (SSSR count). The highest BCUT2D eigenvalue weighted by atomic mass is 32.9. The molecule has 1 aromatic heterocycles. The highest BCUT2D eigenvalue weighted by Gasteiger charge is 2.20. The molecule has 0 aliphatic carbocycles. The molecule has 3 nitrogen and oxygen atoms in total. The van der Waals surface area contributed by atoms with Crippen molar-refractivity contribution in [3.63, 3.8) is 0 Å². The van der Waals surface area contributed by atoms with Gasteiger partial charge in [0.25, 0.3) is 0 Å². The summed E-state index contributed by atoms with van der Waals surface area (Å²) in [5, 5.41) is 10.6. The maximum Gasteiger partial charge on any atom is 0.120 e. The molecule has 6 heteroatoms. The zero-order valence-electron chi connectivity index (χ0n) is 19.2. The number of nitrogens with zero attached hydrogens (tertiary/aromatic N) is 2. The van der Waals surface area contributed by atoms with E-state index in [1.165, 1.54) is 21.6 Å². The zero-order valence-corrected chi connectivity index (χ0v) is 21.7. The van der Waals surface area contributed by atoms with E-state index < -0.39 is 0 Å². The first-order chi connectivity index (χ1) is 16.6. The number of aryl methyl sites for hydroxylation is 1. The van der Waals surface area contributed by atoms with Crippen LogP contribution in [0.3, 0.4) is 0 Å². The summed E-state index contributed by atoms with van der Waals surface area (Å²) in [5.41, 5.74) is 6.98. The molecule has 1 fully saturated rings.